The monoisotopic (exact) mass is 196 g/mol. The van der Waals surface area contributed by atoms with Crippen molar-refractivity contribution in [2.24, 2.45) is 9.98 Å². The quantitative estimate of drug-likeness (QED) is 0.537. The van der Waals surface area contributed by atoms with E-state index in [0.29, 0.717) is 5.69 Å². The second-order valence-electron chi connectivity index (χ2n) is 3.01. The second kappa shape index (κ2) is 3.86. The number of benzene rings is 2. The van der Waals surface area contributed by atoms with Gasteiger partial charge in [0.05, 0.1) is 11.4 Å². The minimum Gasteiger partial charge on any atom is -0.264 e. The SMILES string of the molecule is C=Nc1cccc2c(N=C=O)cccc12. The molecule has 0 saturated heterocycles. The van der Waals surface area contributed by atoms with E-state index in [4.69, 9.17) is 0 Å². The maximum absolute atomic E-state index is 10.2. The van der Waals surface area contributed by atoms with Crippen molar-refractivity contribution in [1.29, 1.82) is 0 Å². The van der Waals surface area contributed by atoms with Crippen molar-refractivity contribution >= 4 is 34.9 Å². The van der Waals surface area contributed by atoms with Gasteiger partial charge in [-0.15, -0.1) is 0 Å². The summed E-state index contributed by atoms with van der Waals surface area (Å²) in [4.78, 5) is 17.8. The van der Waals surface area contributed by atoms with Crippen molar-refractivity contribution in [3.05, 3.63) is 36.4 Å². The maximum Gasteiger partial charge on any atom is 0.240 e. The molecule has 0 heterocycles. The molecule has 0 N–H and O–H groups in total. The van der Waals surface area contributed by atoms with E-state index in [9.17, 15) is 4.79 Å². The summed E-state index contributed by atoms with van der Waals surface area (Å²) in [5.74, 6) is 0. The van der Waals surface area contributed by atoms with Crippen LogP contribution >= 0.6 is 0 Å². The zero-order valence-corrected chi connectivity index (χ0v) is 7.97. The molecule has 3 nitrogen and oxygen atoms in total. The maximum atomic E-state index is 10.2. The van der Waals surface area contributed by atoms with Crippen LogP contribution < -0.4 is 0 Å². The third-order valence-corrected chi connectivity index (χ3v) is 2.21. The van der Waals surface area contributed by atoms with Gasteiger partial charge in [-0.3, -0.25) is 4.99 Å². The number of fused-ring (bicyclic) bond motifs is 1. The van der Waals surface area contributed by atoms with Crippen LogP contribution in [0.1, 0.15) is 0 Å². The first-order valence-electron chi connectivity index (χ1n) is 4.43. The summed E-state index contributed by atoms with van der Waals surface area (Å²) < 4.78 is 0. The zero-order valence-electron chi connectivity index (χ0n) is 7.97. The lowest BCUT2D eigenvalue weighted by atomic mass is 10.1. The molecule has 0 bridgehead atoms. The molecular formula is C12H8N2O. The molecule has 0 aliphatic heterocycles. The van der Waals surface area contributed by atoms with E-state index in [1.165, 1.54) is 0 Å². The highest BCUT2D eigenvalue weighted by Gasteiger charge is 2.02. The Kier molecular flexibility index (Phi) is 2.40. The number of carbonyl (C=O) groups excluding carboxylic acids is 1. The van der Waals surface area contributed by atoms with Gasteiger partial charge in [0.2, 0.25) is 6.08 Å². The van der Waals surface area contributed by atoms with E-state index in [1.807, 2.05) is 30.3 Å². The standard InChI is InChI=1S/C12H8N2O/c1-13-11-6-2-5-10-9(11)4-3-7-12(10)14-8-15/h2-7H,1H2. The van der Waals surface area contributed by atoms with E-state index in [1.54, 1.807) is 12.1 Å². The normalized spacial score (nSPS) is 9.60. The van der Waals surface area contributed by atoms with E-state index in [2.05, 4.69) is 16.7 Å². The highest BCUT2D eigenvalue weighted by atomic mass is 16.1. The van der Waals surface area contributed by atoms with Crippen molar-refractivity contribution in [3.8, 4) is 0 Å². The molecule has 15 heavy (non-hydrogen) atoms. The largest absolute Gasteiger partial charge is 0.264 e. The second-order valence-corrected chi connectivity index (χ2v) is 3.01. The van der Waals surface area contributed by atoms with Crippen molar-refractivity contribution in [2.45, 2.75) is 0 Å². The average molecular weight is 196 g/mol. The fourth-order valence-corrected chi connectivity index (χ4v) is 1.56. The molecule has 3 heteroatoms. The first-order valence-corrected chi connectivity index (χ1v) is 4.43. The van der Waals surface area contributed by atoms with Gasteiger partial charge in [0.25, 0.3) is 0 Å². The number of hydrogen-bond acceptors (Lipinski definition) is 3. The molecule has 0 amide bonds. The molecule has 0 aliphatic carbocycles. The van der Waals surface area contributed by atoms with Gasteiger partial charge in [0, 0.05) is 10.8 Å². The molecule has 0 saturated carbocycles. The van der Waals surface area contributed by atoms with Crippen molar-refractivity contribution in [3.63, 3.8) is 0 Å². The van der Waals surface area contributed by atoms with Gasteiger partial charge in [-0.05, 0) is 18.9 Å². The fraction of sp³-hybridized carbons (Fsp3) is 0. The molecule has 0 aliphatic rings. The van der Waals surface area contributed by atoms with E-state index in [0.717, 1.165) is 16.5 Å². The molecule has 72 valence electrons. The molecule has 0 spiro atoms. The smallest absolute Gasteiger partial charge is 0.240 e. The minimum atomic E-state index is 0.605. The summed E-state index contributed by atoms with van der Waals surface area (Å²) in [6.45, 7) is 3.50. The van der Waals surface area contributed by atoms with Gasteiger partial charge in [0.1, 0.15) is 0 Å². The van der Waals surface area contributed by atoms with Gasteiger partial charge in [-0.1, -0.05) is 24.3 Å². The predicted molar refractivity (Wildman–Crippen MR) is 60.9 cm³/mol. The van der Waals surface area contributed by atoms with Crippen LogP contribution in [0, 0.1) is 0 Å². The molecular weight excluding hydrogens is 188 g/mol. The topological polar surface area (TPSA) is 41.8 Å². The summed E-state index contributed by atoms with van der Waals surface area (Å²) in [6.07, 6.45) is 1.54. The summed E-state index contributed by atoms with van der Waals surface area (Å²) >= 11 is 0. The summed E-state index contributed by atoms with van der Waals surface area (Å²) in [5, 5.41) is 1.81. The highest BCUT2D eigenvalue weighted by Crippen LogP contribution is 2.31. The Hall–Kier alpha value is -2.25. The van der Waals surface area contributed by atoms with Crippen molar-refractivity contribution in [1.82, 2.24) is 0 Å². The third kappa shape index (κ3) is 1.56. The molecule has 0 atom stereocenters. The molecule has 0 aromatic heterocycles. The average Bonchev–Trinajstić information content (AvgIpc) is 2.29. The van der Waals surface area contributed by atoms with Gasteiger partial charge in [-0.25, -0.2) is 4.79 Å². The molecule has 2 aromatic rings. The van der Waals surface area contributed by atoms with Crippen LogP contribution in [0.25, 0.3) is 10.8 Å². The Morgan fingerprint density at radius 3 is 2.20 bits per heavy atom. The molecule has 2 rings (SSSR count). The Balaban J connectivity index is 2.87. The molecule has 2 aromatic carbocycles. The van der Waals surface area contributed by atoms with Crippen LogP contribution in [-0.2, 0) is 4.79 Å². The number of isocyanates is 1. The molecule has 0 radical (unpaired) electrons. The fourth-order valence-electron chi connectivity index (χ4n) is 1.56. The number of rotatable bonds is 2. The minimum absolute atomic E-state index is 0.605. The van der Waals surface area contributed by atoms with Crippen LogP contribution in [0.15, 0.2) is 46.4 Å². The van der Waals surface area contributed by atoms with Gasteiger partial charge in [-0.2, -0.15) is 4.99 Å². The summed E-state index contributed by atoms with van der Waals surface area (Å²) in [7, 11) is 0. The Morgan fingerprint density at radius 1 is 1.00 bits per heavy atom. The van der Waals surface area contributed by atoms with Gasteiger partial charge in [0.15, 0.2) is 0 Å². The number of aliphatic imine (C=N–C) groups is 2. The molecule has 0 unspecified atom stereocenters. The van der Waals surface area contributed by atoms with E-state index >= 15 is 0 Å². The van der Waals surface area contributed by atoms with Gasteiger partial charge < -0.3 is 0 Å². The summed E-state index contributed by atoms with van der Waals surface area (Å²) in [5.41, 5.74) is 1.39. The van der Waals surface area contributed by atoms with Gasteiger partial charge >= 0.3 is 0 Å². The Morgan fingerprint density at radius 2 is 1.60 bits per heavy atom. The number of nitrogens with zero attached hydrogens (tertiary/aromatic N) is 2. The lowest BCUT2D eigenvalue weighted by Crippen LogP contribution is -1.74. The lowest BCUT2D eigenvalue weighted by molar-refractivity contribution is 0.565. The van der Waals surface area contributed by atoms with Crippen LogP contribution in [0.5, 0.6) is 0 Å². The van der Waals surface area contributed by atoms with Crippen molar-refractivity contribution in [2.75, 3.05) is 0 Å². The Labute approximate surface area is 86.8 Å². The van der Waals surface area contributed by atoms with Crippen LogP contribution in [0.4, 0.5) is 11.4 Å². The number of hydrogen-bond donors (Lipinski definition) is 0. The molecule has 0 fully saturated rings. The predicted octanol–water partition coefficient (Wildman–Crippen LogP) is 3.14. The van der Waals surface area contributed by atoms with Crippen LogP contribution in [-0.4, -0.2) is 12.8 Å². The summed E-state index contributed by atoms with van der Waals surface area (Å²) in [6, 6.07) is 11.1. The van der Waals surface area contributed by atoms with E-state index < -0.39 is 0 Å². The lowest BCUT2D eigenvalue weighted by Gasteiger charge is -2.02. The zero-order chi connectivity index (χ0) is 10.7. The van der Waals surface area contributed by atoms with E-state index in [-0.39, 0.29) is 0 Å². The third-order valence-electron chi connectivity index (χ3n) is 2.21. The van der Waals surface area contributed by atoms with Crippen molar-refractivity contribution < 1.29 is 4.79 Å². The highest BCUT2D eigenvalue weighted by molar-refractivity contribution is 6.00. The first-order chi connectivity index (χ1) is 7.36. The van der Waals surface area contributed by atoms with Crippen LogP contribution in [0.3, 0.4) is 0 Å². The first kappa shape index (κ1) is 9.31. The van der Waals surface area contributed by atoms with Crippen LogP contribution in [0.2, 0.25) is 0 Å². The Bertz CT molecular complexity index is 569.